The summed E-state index contributed by atoms with van der Waals surface area (Å²) in [4.78, 5) is 41.7. The van der Waals surface area contributed by atoms with E-state index < -0.39 is 29.7 Å². The highest BCUT2D eigenvalue weighted by Gasteiger charge is 2.46. The second-order valence-corrected chi connectivity index (χ2v) is 7.78. The number of carbonyl (C=O) groups is 3. The summed E-state index contributed by atoms with van der Waals surface area (Å²) in [5.74, 6) is -0.694. The number of amides is 4. The van der Waals surface area contributed by atoms with Crippen LogP contribution in [0, 0.1) is 5.82 Å². The van der Waals surface area contributed by atoms with E-state index in [4.69, 9.17) is 4.74 Å². The van der Waals surface area contributed by atoms with E-state index >= 15 is 0 Å². The van der Waals surface area contributed by atoms with Crippen LogP contribution in [0.15, 0.2) is 78.9 Å². The lowest BCUT2D eigenvalue weighted by Gasteiger charge is -2.21. The lowest BCUT2D eigenvalue weighted by molar-refractivity contribution is -0.124. The Bertz CT molecular complexity index is 1180. The van der Waals surface area contributed by atoms with E-state index in [-0.39, 0.29) is 13.0 Å². The first-order valence-corrected chi connectivity index (χ1v) is 10.9. The quantitative estimate of drug-likeness (QED) is 0.498. The van der Waals surface area contributed by atoms with Crippen LogP contribution in [-0.4, -0.2) is 35.4 Å². The number of nitrogens with zero attached hydrogens (tertiary/aromatic N) is 2. The number of carbonyl (C=O) groups excluding carboxylic acids is 3. The summed E-state index contributed by atoms with van der Waals surface area (Å²) in [6.45, 7) is 2.40. The summed E-state index contributed by atoms with van der Waals surface area (Å²) in [5.41, 5.74) is 1.48. The molecule has 1 atom stereocenters. The molecule has 1 N–H and O–H groups in total. The Morgan fingerprint density at radius 2 is 1.74 bits per heavy atom. The largest absolute Gasteiger partial charge is 0.494 e. The zero-order valence-electron chi connectivity index (χ0n) is 18.6. The molecular formula is C26H24FN3O4. The van der Waals surface area contributed by atoms with Crippen LogP contribution in [0.5, 0.6) is 5.75 Å². The van der Waals surface area contributed by atoms with E-state index in [2.05, 4.69) is 5.32 Å². The number of halogens is 1. The lowest BCUT2D eigenvalue weighted by atomic mass is 10.1. The molecule has 0 bridgehead atoms. The molecule has 1 saturated heterocycles. The van der Waals surface area contributed by atoms with E-state index in [0.29, 0.717) is 29.3 Å². The highest BCUT2D eigenvalue weighted by atomic mass is 19.1. The second-order valence-electron chi connectivity index (χ2n) is 7.78. The average molecular weight is 461 g/mol. The van der Waals surface area contributed by atoms with Gasteiger partial charge in [-0.3, -0.25) is 9.59 Å². The molecular weight excluding hydrogens is 437 g/mol. The molecule has 0 saturated carbocycles. The first kappa shape index (κ1) is 23.0. The van der Waals surface area contributed by atoms with Crippen LogP contribution in [-0.2, 0) is 16.1 Å². The summed E-state index contributed by atoms with van der Waals surface area (Å²) in [6.07, 6.45) is -0.240. The zero-order chi connectivity index (χ0) is 24.1. The zero-order valence-corrected chi connectivity index (χ0v) is 18.6. The number of benzene rings is 3. The predicted molar refractivity (Wildman–Crippen MR) is 126 cm³/mol. The molecule has 0 aromatic heterocycles. The van der Waals surface area contributed by atoms with Crippen LogP contribution in [0.25, 0.3) is 0 Å². The Labute approximate surface area is 196 Å². The maximum absolute atomic E-state index is 13.7. The number of rotatable bonds is 8. The number of ether oxygens (including phenoxy) is 1. The first-order chi connectivity index (χ1) is 16.5. The van der Waals surface area contributed by atoms with Gasteiger partial charge in [0.2, 0.25) is 5.91 Å². The Morgan fingerprint density at radius 3 is 2.41 bits per heavy atom. The highest BCUT2D eigenvalue weighted by molar-refractivity contribution is 6.22. The maximum atomic E-state index is 13.7. The Hall–Kier alpha value is -4.20. The summed E-state index contributed by atoms with van der Waals surface area (Å²) in [7, 11) is 0. The monoisotopic (exact) mass is 461 g/mol. The van der Waals surface area contributed by atoms with Crippen molar-refractivity contribution in [3.8, 4) is 5.75 Å². The van der Waals surface area contributed by atoms with E-state index in [1.165, 1.54) is 23.1 Å². The summed E-state index contributed by atoms with van der Waals surface area (Å²) >= 11 is 0. The minimum atomic E-state index is -1.03. The van der Waals surface area contributed by atoms with Crippen molar-refractivity contribution in [3.05, 3.63) is 90.2 Å². The van der Waals surface area contributed by atoms with Gasteiger partial charge in [0.05, 0.1) is 18.7 Å². The molecule has 34 heavy (non-hydrogen) atoms. The van der Waals surface area contributed by atoms with Crippen molar-refractivity contribution in [2.75, 3.05) is 16.8 Å². The van der Waals surface area contributed by atoms with Crippen molar-refractivity contribution in [1.29, 1.82) is 0 Å². The summed E-state index contributed by atoms with van der Waals surface area (Å²) < 4.78 is 19.1. The van der Waals surface area contributed by atoms with Gasteiger partial charge in [0.15, 0.2) is 0 Å². The van der Waals surface area contributed by atoms with E-state index in [1.54, 1.807) is 60.7 Å². The number of hydrogen-bond acceptors (Lipinski definition) is 4. The van der Waals surface area contributed by atoms with Gasteiger partial charge in [-0.1, -0.05) is 30.3 Å². The van der Waals surface area contributed by atoms with E-state index in [1.807, 2.05) is 6.92 Å². The molecule has 7 nitrogen and oxygen atoms in total. The molecule has 1 fully saturated rings. The molecule has 1 unspecified atom stereocenters. The molecule has 174 valence electrons. The van der Waals surface area contributed by atoms with Crippen LogP contribution in [0.3, 0.4) is 0 Å². The number of para-hydroxylation sites is 1. The standard InChI is InChI=1S/C26H24FN3O4/c1-2-34-22-13-11-20(12-14-22)28-24(31)16-23-25(32)30(21-9-4-3-5-10-21)26(33)29(23)17-18-7-6-8-19(27)15-18/h3-15,23H,2,16-17H2,1H3,(H,28,31). The lowest BCUT2D eigenvalue weighted by Crippen LogP contribution is -2.37. The molecule has 3 aromatic rings. The molecule has 4 rings (SSSR count). The minimum absolute atomic E-state index is 0.00727. The fourth-order valence-corrected chi connectivity index (χ4v) is 3.85. The molecule has 4 amide bonds. The van der Waals surface area contributed by atoms with Gasteiger partial charge in [-0.15, -0.1) is 0 Å². The number of urea groups is 1. The van der Waals surface area contributed by atoms with Crippen LogP contribution >= 0.6 is 0 Å². The van der Waals surface area contributed by atoms with Crippen molar-refractivity contribution < 1.29 is 23.5 Å². The normalized spacial score (nSPS) is 15.5. The third-order valence-electron chi connectivity index (χ3n) is 5.40. The van der Waals surface area contributed by atoms with Crippen molar-refractivity contribution in [2.45, 2.75) is 25.9 Å². The van der Waals surface area contributed by atoms with Gasteiger partial charge in [0.1, 0.15) is 17.6 Å². The van der Waals surface area contributed by atoms with Gasteiger partial charge < -0.3 is 15.0 Å². The van der Waals surface area contributed by atoms with Crippen molar-refractivity contribution >= 4 is 29.2 Å². The van der Waals surface area contributed by atoms with Crippen molar-refractivity contribution in [3.63, 3.8) is 0 Å². The van der Waals surface area contributed by atoms with Gasteiger partial charge in [-0.25, -0.2) is 14.1 Å². The molecule has 1 aliphatic heterocycles. The molecule has 1 aliphatic rings. The number of imide groups is 1. The Morgan fingerprint density at radius 1 is 1.00 bits per heavy atom. The average Bonchev–Trinajstić information content (AvgIpc) is 3.05. The fraction of sp³-hybridized carbons (Fsp3) is 0.192. The summed E-state index contributed by atoms with van der Waals surface area (Å²) in [5, 5.41) is 2.76. The molecule has 0 aliphatic carbocycles. The highest BCUT2D eigenvalue weighted by Crippen LogP contribution is 2.28. The van der Waals surface area contributed by atoms with Gasteiger partial charge in [-0.05, 0) is 61.0 Å². The molecule has 0 radical (unpaired) electrons. The predicted octanol–water partition coefficient (Wildman–Crippen LogP) is 4.59. The van der Waals surface area contributed by atoms with Crippen LogP contribution < -0.4 is 15.0 Å². The van der Waals surface area contributed by atoms with Crippen LogP contribution in [0.4, 0.5) is 20.6 Å². The topological polar surface area (TPSA) is 79.0 Å². The van der Waals surface area contributed by atoms with E-state index in [0.717, 1.165) is 4.90 Å². The van der Waals surface area contributed by atoms with Crippen LogP contribution in [0.2, 0.25) is 0 Å². The number of nitrogens with one attached hydrogen (secondary N) is 1. The molecule has 3 aromatic carbocycles. The molecule has 8 heteroatoms. The Kier molecular flexibility index (Phi) is 6.87. The second kappa shape index (κ2) is 10.2. The van der Waals surface area contributed by atoms with Crippen molar-refractivity contribution in [2.24, 2.45) is 0 Å². The molecule has 0 spiro atoms. The van der Waals surface area contributed by atoms with Gasteiger partial charge >= 0.3 is 6.03 Å². The minimum Gasteiger partial charge on any atom is -0.494 e. The first-order valence-electron chi connectivity index (χ1n) is 10.9. The summed E-state index contributed by atoms with van der Waals surface area (Å²) in [6, 6.07) is 19.6. The van der Waals surface area contributed by atoms with E-state index in [9.17, 15) is 18.8 Å². The third kappa shape index (κ3) is 5.06. The van der Waals surface area contributed by atoms with Crippen LogP contribution in [0.1, 0.15) is 18.9 Å². The van der Waals surface area contributed by atoms with Crippen molar-refractivity contribution in [1.82, 2.24) is 4.90 Å². The number of hydrogen-bond donors (Lipinski definition) is 1. The fourth-order valence-electron chi connectivity index (χ4n) is 3.85. The Balaban J connectivity index is 1.55. The SMILES string of the molecule is CCOc1ccc(NC(=O)CC2C(=O)N(c3ccccc3)C(=O)N2Cc2cccc(F)c2)cc1. The van der Waals surface area contributed by atoms with Gasteiger partial charge in [-0.2, -0.15) is 0 Å². The smallest absolute Gasteiger partial charge is 0.332 e. The maximum Gasteiger partial charge on any atom is 0.332 e. The van der Waals surface area contributed by atoms with Gasteiger partial charge in [0, 0.05) is 12.2 Å². The number of anilines is 2. The third-order valence-corrected chi connectivity index (χ3v) is 5.40. The van der Waals surface area contributed by atoms with Gasteiger partial charge in [0.25, 0.3) is 5.91 Å². The molecule has 1 heterocycles.